The number of rotatable bonds is 8. The second-order valence-electron chi connectivity index (χ2n) is 3.46. The molecule has 0 aliphatic rings. The monoisotopic (exact) mass is 284 g/mol. The molecule has 0 aliphatic carbocycles. The number of carbonyl (C=O) groups excluding carboxylic acids is 1. The third kappa shape index (κ3) is 9.89. The van der Waals surface area contributed by atoms with Crippen LogP contribution in [0.25, 0.3) is 0 Å². The number of alkyl halides is 3. The SMILES string of the molecule is C=CCN(CC(=O)O)C(=O)NCCOCC(F)(F)F. The summed E-state index contributed by atoms with van der Waals surface area (Å²) < 4.78 is 39.4. The van der Waals surface area contributed by atoms with Crippen molar-refractivity contribution in [1.29, 1.82) is 0 Å². The number of amides is 2. The molecule has 0 atom stereocenters. The summed E-state index contributed by atoms with van der Waals surface area (Å²) in [5.41, 5.74) is 0. The summed E-state index contributed by atoms with van der Waals surface area (Å²) in [5.74, 6) is -1.20. The van der Waals surface area contributed by atoms with Crippen molar-refractivity contribution in [2.24, 2.45) is 0 Å². The molecule has 110 valence electrons. The average Bonchev–Trinajstić information content (AvgIpc) is 2.25. The van der Waals surface area contributed by atoms with Gasteiger partial charge in [0.25, 0.3) is 0 Å². The van der Waals surface area contributed by atoms with E-state index in [0.717, 1.165) is 4.90 Å². The second-order valence-corrected chi connectivity index (χ2v) is 3.46. The van der Waals surface area contributed by atoms with E-state index in [1.807, 2.05) is 0 Å². The average molecular weight is 284 g/mol. The minimum atomic E-state index is -4.41. The Kier molecular flexibility index (Phi) is 7.57. The number of aliphatic carboxylic acids is 1. The minimum Gasteiger partial charge on any atom is -0.480 e. The number of nitrogens with one attached hydrogen (secondary N) is 1. The Morgan fingerprint density at radius 1 is 1.42 bits per heavy atom. The van der Waals surface area contributed by atoms with E-state index in [1.165, 1.54) is 6.08 Å². The van der Waals surface area contributed by atoms with Crippen molar-refractivity contribution in [3.05, 3.63) is 12.7 Å². The van der Waals surface area contributed by atoms with Crippen LogP contribution in [0, 0.1) is 0 Å². The van der Waals surface area contributed by atoms with Crippen LogP contribution in [0.1, 0.15) is 0 Å². The number of halogens is 3. The molecule has 0 saturated carbocycles. The fraction of sp³-hybridized carbons (Fsp3) is 0.600. The van der Waals surface area contributed by atoms with Gasteiger partial charge in [-0.2, -0.15) is 13.2 Å². The number of ether oxygens (including phenoxy) is 1. The van der Waals surface area contributed by atoms with Crippen molar-refractivity contribution in [1.82, 2.24) is 10.2 Å². The van der Waals surface area contributed by atoms with Crippen LogP contribution in [-0.4, -0.2) is 61.0 Å². The molecule has 0 aliphatic heterocycles. The zero-order valence-electron chi connectivity index (χ0n) is 10.1. The van der Waals surface area contributed by atoms with E-state index in [9.17, 15) is 22.8 Å². The Morgan fingerprint density at radius 3 is 2.53 bits per heavy atom. The quantitative estimate of drug-likeness (QED) is 0.511. The van der Waals surface area contributed by atoms with Crippen LogP contribution >= 0.6 is 0 Å². The maximum Gasteiger partial charge on any atom is 0.411 e. The molecule has 2 amide bonds. The van der Waals surface area contributed by atoms with E-state index < -0.39 is 31.3 Å². The lowest BCUT2D eigenvalue weighted by atomic mass is 10.5. The highest BCUT2D eigenvalue weighted by Gasteiger charge is 2.27. The highest BCUT2D eigenvalue weighted by Crippen LogP contribution is 2.13. The normalized spacial score (nSPS) is 10.9. The van der Waals surface area contributed by atoms with E-state index >= 15 is 0 Å². The topological polar surface area (TPSA) is 78.9 Å². The Balaban J connectivity index is 3.93. The van der Waals surface area contributed by atoms with Crippen LogP contribution in [0.5, 0.6) is 0 Å². The van der Waals surface area contributed by atoms with Gasteiger partial charge in [0, 0.05) is 13.1 Å². The van der Waals surface area contributed by atoms with Crippen molar-refractivity contribution < 1.29 is 32.6 Å². The Hall–Kier alpha value is -1.77. The Labute approximate surface area is 107 Å². The summed E-state index contributed by atoms with van der Waals surface area (Å²) in [6, 6.07) is -0.710. The van der Waals surface area contributed by atoms with Crippen LogP contribution in [0.15, 0.2) is 12.7 Å². The number of carboxylic acid groups (broad SMARTS) is 1. The Morgan fingerprint density at radius 2 is 2.05 bits per heavy atom. The predicted molar refractivity (Wildman–Crippen MR) is 59.7 cm³/mol. The molecule has 0 fully saturated rings. The molecule has 0 aromatic heterocycles. The molecule has 9 heteroatoms. The van der Waals surface area contributed by atoms with Gasteiger partial charge in [0.1, 0.15) is 13.2 Å². The standard InChI is InChI=1S/C10H15F3N2O4/c1-2-4-15(6-8(16)17)9(18)14-3-5-19-7-10(11,12)13/h2H,1,3-7H2,(H,14,18)(H,16,17). The molecule has 0 spiro atoms. The molecule has 0 bridgehead atoms. The third-order valence-electron chi connectivity index (χ3n) is 1.75. The highest BCUT2D eigenvalue weighted by atomic mass is 19.4. The highest BCUT2D eigenvalue weighted by molar-refractivity contribution is 5.80. The first-order valence-electron chi connectivity index (χ1n) is 5.26. The fourth-order valence-corrected chi connectivity index (χ4v) is 1.07. The molecule has 0 aromatic rings. The van der Waals surface area contributed by atoms with Gasteiger partial charge in [-0.05, 0) is 0 Å². The molecular formula is C10H15F3N2O4. The lowest BCUT2D eigenvalue weighted by molar-refractivity contribution is -0.173. The summed E-state index contributed by atoms with van der Waals surface area (Å²) >= 11 is 0. The third-order valence-corrected chi connectivity index (χ3v) is 1.75. The summed E-state index contributed by atoms with van der Waals surface area (Å²) in [6.45, 7) is 0.987. The number of hydrogen-bond donors (Lipinski definition) is 2. The first kappa shape index (κ1) is 17.2. The largest absolute Gasteiger partial charge is 0.480 e. The van der Waals surface area contributed by atoms with Crippen molar-refractivity contribution in [2.75, 3.05) is 32.8 Å². The zero-order chi connectivity index (χ0) is 14.9. The van der Waals surface area contributed by atoms with Gasteiger partial charge >= 0.3 is 18.2 Å². The second kappa shape index (κ2) is 8.35. The van der Waals surface area contributed by atoms with Crippen LogP contribution in [0.2, 0.25) is 0 Å². The lowest BCUT2D eigenvalue weighted by Crippen LogP contribution is -2.43. The van der Waals surface area contributed by atoms with Gasteiger partial charge in [-0.15, -0.1) is 6.58 Å². The van der Waals surface area contributed by atoms with E-state index in [0.29, 0.717) is 0 Å². The molecule has 0 unspecified atom stereocenters. The number of carbonyl (C=O) groups is 2. The van der Waals surface area contributed by atoms with Crippen LogP contribution in [-0.2, 0) is 9.53 Å². The first-order valence-corrected chi connectivity index (χ1v) is 5.26. The maximum absolute atomic E-state index is 11.7. The first-order chi connectivity index (χ1) is 8.76. The predicted octanol–water partition coefficient (Wildman–Crippen LogP) is 0.847. The van der Waals surface area contributed by atoms with Gasteiger partial charge in [0.15, 0.2) is 0 Å². The number of carboxylic acids is 1. The minimum absolute atomic E-state index is 0.0154. The molecule has 0 aromatic carbocycles. The van der Waals surface area contributed by atoms with E-state index in [2.05, 4.69) is 16.6 Å². The molecule has 2 N–H and O–H groups in total. The van der Waals surface area contributed by atoms with Crippen LogP contribution in [0.4, 0.5) is 18.0 Å². The molecular weight excluding hydrogens is 269 g/mol. The summed E-state index contributed by atoms with van der Waals surface area (Å²) in [4.78, 5) is 22.9. The number of hydrogen-bond acceptors (Lipinski definition) is 3. The molecule has 0 rings (SSSR count). The van der Waals surface area contributed by atoms with Gasteiger partial charge in [-0.25, -0.2) is 4.79 Å². The maximum atomic E-state index is 11.7. The van der Waals surface area contributed by atoms with Gasteiger partial charge in [0.2, 0.25) is 0 Å². The van der Waals surface area contributed by atoms with Gasteiger partial charge in [-0.3, -0.25) is 4.79 Å². The smallest absolute Gasteiger partial charge is 0.411 e. The summed E-state index contributed by atoms with van der Waals surface area (Å²) in [6.07, 6.45) is -3.08. The number of urea groups is 1. The summed E-state index contributed by atoms with van der Waals surface area (Å²) in [5, 5.41) is 10.8. The fourth-order valence-electron chi connectivity index (χ4n) is 1.07. The number of nitrogens with zero attached hydrogens (tertiary/aromatic N) is 1. The Bertz CT molecular complexity index is 320. The molecule has 0 saturated heterocycles. The van der Waals surface area contributed by atoms with Crippen molar-refractivity contribution in [2.45, 2.75) is 6.18 Å². The van der Waals surface area contributed by atoms with Crippen molar-refractivity contribution >= 4 is 12.0 Å². The van der Waals surface area contributed by atoms with Crippen molar-refractivity contribution in [3.8, 4) is 0 Å². The van der Waals surface area contributed by atoms with Crippen LogP contribution in [0.3, 0.4) is 0 Å². The summed E-state index contributed by atoms with van der Waals surface area (Å²) in [7, 11) is 0. The van der Waals surface area contributed by atoms with Crippen LogP contribution < -0.4 is 5.32 Å². The van der Waals surface area contributed by atoms with Gasteiger partial charge < -0.3 is 20.1 Å². The van der Waals surface area contributed by atoms with E-state index in [-0.39, 0.29) is 19.7 Å². The van der Waals surface area contributed by atoms with E-state index in [1.54, 1.807) is 0 Å². The van der Waals surface area contributed by atoms with E-state index in [4.69, 9.17) is 5.11 Å². The molecule has 6 nitrogen and oxygen atoms in total. The van der Waals surface area contributed by atoms with Gasteiger partial charge in [0.05, 0.1) is 6.61 Å². The molecule has 0 radical (unpaired) electrons. The molecule has 19 heavy (non-hydrogen) atoms. The zero-order valence-corrected chi connectivity index (χ0v) is 10.1. The van der Waals surface area contributed by atoms with Crippen molar-refractivity contribution in [3.63, 3.8) is 0 Å². The molecule has 0 heterocycles. The van der Waals surface area contributed by atoms with Gasteiger partial charge in [-0.1, -0.05) is 6.08 Å². The lowest BCUT2D eigenvalue weighted by Gasteiger charge is -2.19.